The van der Waals surface area contributed by atoms with Crippen LogP contribution in [0.1, 0.15) is 53.4 Å². The lowest BCUT2D eigenvalue weighted by Gasteiger charge is -2.49. The standard InChI is InChI=1S/C17H27F3O4/c1-6-16(7-2,23-10-15(5,22)17(18,19)20)12-8-9-13(12)24-14(21)11(3)4/h12-13,22H,3,6-10H2,1-2,4-5H3. The topological polar surface area (TPSA) is 55.8 Å². The molecule has 7 heteroatoms. The van der Waals surface area contributed by atoms with Crippen molar-refractivity contribution in [2.75, 3.05) is 6.61 Å². The van der Waals surface area contributed by atoms with E-state index in [0.717, 1.165) is 0 Å². The Bertz CT molecular complexity index is 467. The minimum Gasteiger partial charge on any atom is -0.459 e. The summed E-state index contributed by atoms with van der Waals surface area (Å²) in [5.41, 5.74) is -3.51. The normalized spacial score (nSPS) is 24.0. The van der Waals surface area contributed by atoms with Gasteiger partial charge in [-0.05, 0) is 39.5 Å². The van der Waals surface area contributed by atoms with E-state index in [1.165, 1.54) is 0 Å². The lowest BCUT2D eigenvalue weighted by atomic mass is 9.68. The van der Waals surface area contributed by atoms with Crippen LogP contribution in [0.5, 0.6) is 0 Å². The Morgan fingerprint density at radius 2 is 1.79 bits per heavy atom. The first kappa shape index (κ1) is 21.0. The minimum absolute atomic E-state index is 0.195. The average Bonchev–Trinajstić information content (AvgIpc) is 2.46. The van der Waals surface area contributed by atoms with Gasteiger partial charge in [0.2, 0.25) is 0 Å². The third-order valence-corrected chi connectivity index (χ3v) is 4.94. The van der Waals surface area contributed by atoms with Gasteiger partial charge in [0, 0.05) is 11.5 Å². The van der Waals surface area contributed by atoms with Crippen molar-refractivity contribution in [2.24, 2.45) is 5.92 Å². The molecule has 0 radical (unpaired) electrons. The third-order valence-electron chi connectivity index (χ3n) is 4.94. The van der Waals surface area contributed by atoms with E-state index in [4.69, 9.17) is 9.47 Å². The second kappa shape index (κ2) is 7.44. The summed E-state index contributed by atoms with van der Waals surface area (Å²) < 4.78 is 49.5. The summed E-state index contributed by atoms with van der Waals surface area (Å²) >= 11 is 0. The van der Waals surface area contributed by atoms with Crippen molar-refractivity contribution in [2.45, 2.75) is 76.9 Å². The lowest BCUT2D eigenvalue weighted by Crippen LogP contribution is -2.56. The van der Waals surface area contributed by atoms with Gasteiger partial charge in [0.1, 0.15) is 6.10 Å². The molecule has 0 saturated heterocycles. The Balaban J connectivity index is 2.85. The zero-order valence-electron chi connectivity index (χ0n) is 14.7. The highest BCUT2D eigenvalue weighted by molar-refractivity contribution is 5.87. The van der Waals surface area contributed by atoms with E-state index in [2.05, 4.69) is 6.58 Å². The number of carbonyl (C=O) groups is 1. The molecule has 3 atom stereocenters. The first-order valence-electron chi connectivity index (χ1n) is 8.19. The molecule has 0 aromatic carbocycles. The van der Waals surface area contributed by atoms with Crippen molar-refractivity contribution in [3.05, 3.63) is 12.2 Å². The number of hydrogen-bond acceptors (Lipinski definition) is 4. The second-order valence-corrected chi connectivity index (χ2v) is 6.74. The maximum atomic E-state index is 12.8. The Hall–Kier alpha value is -1.08. The number of halogens is 3. The molecule has 1 aliphatic rings. The molecule has 1 aliphatic carbocycles. The third kappa shape index (κ3) is 4.30. The Labute approximate surface area is 141 Å². The molecule has 1 saturated carbocycles. The van der Waals surface area contributed by atoms with Crippen molar-refractivity contribution in [1.29, 1.82) is 0 Å². The lowest BCUT2D eigenvalue weighted by molar-refractivity contribution is -0.285. The van der Waals surface area contributed by atoms with Crippen LogP contribution >= 0.6 is 0 Å². The molecule has 0 aromatic heterocycles. The first-order chi connectivity index (χ1) is 10.9. The number of aliphatic hydroxyl groups is 1. The van der Waals surface area contributed by atoms with Crippen LogP contribution in [0.2, 0.25) is 0 Å². The van der Waals surface area contributed by atoms with Gasteiger partial charge in [-0.1, -0.05) is 20.4 Å². The summed E-state index contributed by atoms with van der Waals surface area (Å²) in [7, 11) is 0. The van der Waals surface area contributed by atoms with Crippen LogP contribution in [0.3, 0.4) is 0 Å². The molecule has 0 aliphatic heterocycles. The molecule has 140 valence electrons. The molecule has 0 heterocycles. The number of carbonyl (C=O) groups excluding carboxylic acids is 1. The molecule has 0 aromatic rings. The van der Waals surface area contributed by atoms with Crippen LogP contribution < -0.4 is 0 Å². The highest BCUT2D eigenvalue weighted by Gasteiger charge is 2.54. The summed E-state index contributed by atoms with van der Waals surface area (Å²) in [4.78, 5) is 11.7. The van der Waals surface area contributed by atoms with Crippen molar-refractivity contribution < 1.29 is 32.5 Å². The van der Waals surface area contributed by atoms with E-state index in [0.29, 0.717) is 32.6 Å². The molecule has 0 amide bonds. The molecule has 1 N–H and O–H groups in total. The molecular formula is C17H27F3O4. The maximum absolute atomic E-state index is 12.8. The van der Waals surface area contributed by atoms with Crippen LogP contribution in [0.4, 0.5) is 13.2 Å². The quantitative estimate of drug-likeness (QED) is 0.534. The average molecular weight is 352 g/mol. The van der Waals surface area contributed by atoms with E-state index in [9.17, 15) is 23.1 Å². The van der Waals surface area contributed by atoms with Gasteiger partial charge in [-0.2, -0.15) is 13.2 Å². The number of esters is 1. The van der Waals surface area contributed by atoms with Crippen LogP contribution in [-0.4, -0.2) is 41.2 Å². The van der Waals surface area contributed by atoms with Gasteiger partial charge in [-0.15, -0.1) is 0 Å². The molecule has 1 fully saturated rings. The zero-order chi connectivity index (χ0) is 18.8. The number of alkyl halides is 3. The Morgan fingerprint density at radius 1 is 1.25 bits per heavy atom. The van der Waals surface area contributed by atoms with E-state index in [1.54, 1.807) is 6.92 Å². The number of rotatable bonds is 8. The van der Waals surface area contributed by atoms with Crippen molar-refractivity contribution in [3.63, 3.8) is 0 Å². The van der Waals surface area contributed by atoms with Gasteiger partial charge in [-0.25, -0.2) is 4.79 Å². The molecule has 3 unspecified atom stereocenters. The maximum Gasteiger partial charge on any atom is 0.419 e. The van der Waals surface area contributed by atoms with E-state index >= 15 is 0 Å². The van der Waals surface area contributed by atoms with E-state index in [-0.39, 0.29) is 11.5 Å². The van der Waals surface area contributed by atoms with Gasteiger partial charge >= 0.3 is 12.1 Å². The minimum atomic E-state index is -4.77. The molecule has 1 rings (SSSR count). The largest absolute Gasteiger partial charge is 0.459 e. The Morgan fingerprint density at radius 3 is 2.12 bits per heavy atom. The molecule has 0 spiro atoms. The fourth-order valence-electron chi connectivity index (χ4n) is 2.90. The smallest absolute Gasteiger partial charge is 0.419 e. The van der Waals surface area contributed by atoms with Crippen molar-refractivity contribution in [3.8, 4) is 0 Å². The number of ether oxygens (including phenoxy) is 2. The summed E-state index contributed by atoms with van der Waals surface area (Å²) in [6.45, 7) is 8.56. The number of hydrogen-bond donors (Lipinski definition) is 1. The monoisotopic (exact) mass is 352 g/mol. The van der Waals surface area contributed by atoms with E-state index < -0.39 is 36.1 Å². The van der Waals surface area contributed by atoms with Gasteiger partial charge in [0.05, 0.1) is 12.2 Å². The van der Waals surface area contributed by atoms with Crippen LogP contribution in [0.15, 0.2) is 12.2 Å². The second-order valence-electron chi connectivity index (χ2n) is 6.74. The summed E-state index contributed by atoms with van der Waals surface area (Å²) in [5.74, 6) is -0.701. The van der Waals surface area contributed by atoms with Crippen molar-refractivity contribution >= 4 is 5.97 Å². The van der Waals surface area contributed by atoms with Gasteiger partial charge in [0.15, 0.2) is 5.60 Å². The molecular weight excluding hydrogens is 325 g/mol. The fourth-order valence-corrected chi connectivity index (χ4v) is 2.90. The zero-order valence-corrected chi connectivity index (χ0v) is 14.7. The van der Waals surface area contributed by atoms with Gasteiger partial charge in [0.25, 0.3) is 0 Å². The molecule has 4 nitrogen and oxygen atoms in total. The Kier molecular flexibility index (Phi) is 6.49. The van der Waals surface area contributed by atoms with Crippen LogP contribution in [0, 0.1) is 5.92 Å². The van der Waals surface area contributed by atoms with Crippen LogP contribution in [-0.2, 0) is 14.3 Å². The predicted molar refractivity (Wildman–Crippen MR) is 83.4 cm³/mol. The van der Waals surface area contributed by atoms with Crippen LogP contribution in [0.25, 0.3) is 0 Å². The summed E-state index contributed by atoms with van der Waals surface area (Å²) in [6.07, 6.45) is -2.91. The molecule has 0 bridgehead atoms. The van der Waals surface area contributed by atoms with E-state index in [1.807, 2.05) is 13.8 Å². The van der Waals surface area contributed by atoms with Gasteiger partial charge < -0.3 is 14.6 Å². The highest BCUT2D eigenvalue weighted by Crippen LogP contribution is 2.45. The fraction of sp³-hybridized carbons (Fsp3) is 0.824. The summed E-state index contributed by atoms with van der Waals surface area (Å²) in [6, 6.07) is 0. The SMILES string of the molecule is C=C(C)C(=O)OC1CCC1C(CC)(CC)OCC(C)(O)C(F)(F)F. The van der Waals surface area contributed by atoms with Crippen molar-refractivity contribution in [1.82, 2.24) is 0 Å². The first-order valence-corrected chi connectivity index (χ1v) is 8.19. The molecule has 24 heavy (non-hydrogen) atoms. The van der Waals surface area contributed by atoms with Gasteiger partial charge in [-0.3, -0.25) is 0 Å². The summed E-state index contributed by atoms with van der Waals surface area (Å²) in [5, 5.41) is 9.61. The predicted octanol–water partition coefficient (Wildman–Crippen LogP) is 3.77. The highest BCUT2D eigenvalue weighted by atomic mass is 19.4.